The summed E-state index contributed by atoms with van der Waals surface area (Å²) in [6.45, 7) is 5.27. The average Bonchev–Trinajstić information content (AvgIpc) is 2.68. The molecule has 0 saturated carbocycles. The fourth-order valence-electron chi connectivity index (χ4n) is 3.77. The van der Waals surface area contributed by atoms with Crippen molar-refractivity contribution >= 4 is 22.5 Å². The first kappa shape index (κ1) is 17.5. The largest absolute Gasteiger partial charge is 0.309 e. The normalized spacial score (nSPS) is 13.4. The number of hydrogen-bond donors (Lipinski definition) is 0. The third-order valence-corrected chi connectivity index (χ3v) is 5.19. The van der Waals surface area contributed by atoms with E-state index in [0.717, 1.165) is 42.9 Å². The van der Waals surface area contributed by atoms with Crippen LogP contribution in [0.3, 0.4) is 0 Å². The van der Waals surface area contributed by atoms with Crippen molar-refractivity contribution in [2.75, 3.05) is 11.4 Å². The zero-order valence-corrected chi connectivity index (χ0v) is 15.7. The second-order valence-electron chi connectivity index (χ2n) is 7.06. The monoisotopic (exact) mass is 361 g/mol. The van der Waals surface area contributed by atoms with Gasteiger partial charge in [0.2, 0.25) is 0 Å². The fourth-order valence-corrected chi connectivity index (χ4v) is 3.77. The number of nitrogens with zero attached hydrogens (tertiary/aromatic N) is 3. The Hall–Kier alpha value is -2.95. The summed E-state index contributed by atoms with van der Waals surface area (Å²) >= 11 is 0. The number of carbonyl (C=O) groups is 1. The molecule has 1 aliphatic heterocycles. The lowest BCUT2D eigenvalue weighted by atomic mass is 10.1. The summed E-state index contributed by atoms with van der Waals surface area (Å²) in [5.74, 6) is 0.749. The van der Waals surface area contributed by atoms with Gasteiger partial charge < -0.3 is 4.90 Å². The predicted molar refractivity (Wildman–Crippen MR) is 107 cm³/mol. The van der Waals surface area contributed by atoms with Crippen molar-refractivity contribution in [2.24, 2.45) is 0 Å². The minimum atomic E-state index is -0.0791. The molecule has 1 aliphatic rings. The smallest absolute Gasteiger partial charge is 0.261 e. The lowest BCUT2D eigenvalue weighted by molar-refractivity contribution is 0.0988. The number of hydrogen-bond acceptors (Lipinski definition) is 3. The van der Waals surface area contributed by atoms with Crippen LogP contribution in [0, 0.1) is 6.92 Å². The molecule has 1 amide bonds. The minimum absolute atomic E-state index is 0.000249. The first-order valence-corrected chi connectivity index (χ1v) is 9.50. The molecule has 5 nitrogen and oxygen atoms in total. The van der Waals surface area contributed by atoms with Gasteiger partial charge in [0.1, 0.15) is 5.82 Å². The molecular formula is C22H23N3O2. The van der Waals surface area contributed by atoms with Gasteiger partial charge in [0.25, 0.3) is 11.5 Å². The number of aromatic nitrogens is 2. The summed E-state index contributed by atoms with van der Waals surface area (Å²) in [6.07, 6.45) is 2.87. The van der Waals surface area contributed by atoms with E-state index in [4.69, 9.17) is 0 Å². The van der Waals surface area contributed by atoms with E-state index in [1.807, 2.05) is 38.1 Å². The number of anilines is 1. The van der Waals surface area contributed by atoms with E-state index >= 15 is 0 Å². The Morgan fingerprint density at radius 3 is 2.81 bits per heavy atom. The molecule has 0 N–H and O–H groups in total. The van der Waals surface area contributed by atoms with Gasteiger partial charge in [-0.05, 0) is 62.6 Å². The molecule has 5 heteroatoms. The summed E-state index contributed by atoms with van der Waals surface area (Å²) in [4.78, 5) is 32.3. The molecule has 0 saturated heterocycles. The molecule has 0 radical (unpaired) electrons. The number of rotatable bonds is 3. The van der Waals surface area contributed by atoms with Crippen LogP contribution in [-0.2, 0) is 13.0 Å². The quantitative estimate of drug-likeness (QED) is 0.715. The van der Waals surface area contributed by atoms with Gasteiger partial charge in [0.15, 0.2) is 0 Å². The molecular weight excluding hydrogens is 338 g/mol. The molecule has 2 aromatic carbocycles. The molecule has 0 spiro atoms. The van der Waals surface area contributed by atoms with Crippen molar-refractivity contribution in [3.63, 3.8) is 0 Å². The molecule has 0 fully saturated rings. The maximum atomic E-state index is 13.1. The average molecular weight is 361 g/mol. The fraction of sp³-hybridized carbons (Fsp3) is 0.318. The number of aryl methyl sites for hydroxylation is 2. The predicted octanol–water partition coefficient (Wildman–Crippen LogP) is 3.71. The number of amides is 1. The van der Waals surface area contributed by atoms with E-state index in [1.54, 1.807) is 27.7 Å². The van der Waals surface area contributed by atoms with Crippen molar-refractivity contribution in [3.05, 3.63) is 69.8 Å². The zero-order chi connectivity index (χ0) is 19.0. The standard InChI is InChI=1S/C22H23N3O2/c1-3-24(17-8-6-7-15(2)13-17)21(26)16-10-11-18-19(14-16)23-20-9-4-5-12-25(20)22(18)27/h6-8,10-11,13-14H,3-5,9,12H2,1-2H3. The topological polar surface area (TPSA) is 55.2 Å². The third-order valence-electron chi connectivity index (χ3n) is 5.19. The summed E-state index contributed by atoms with van der Waals surface area (Å²) < 4.78 is 1.78. The van der Waals surface area contributed by atoms with Crippen molar-refractivity contribution < 1.29 is 4.79 Å². The molecule has 0 aliphatic carbocycles. The molecule has 0 atom stereocenters. The van der Waals surface area contributed by atoms with Crippen LogP contribution in [0.15, 0.2) is 47.3 Å². The first-order valence-electron chi connectivity index (χ1n) is 9.50. The van der Waals surface area contributed by atoms with Crippen LogP contribution < -0.4 is 10.5 Å². The maximum Gasteiger partial charge on any atom is 0.261 e. The highest BCUT2D eigenvalue weighted by Gasteiger charge is 2.19. The van der Waals surface area contributed by atoms with E-state index in [9.17, 15) is 9.59 Å². The maximum absolute atomic E-state index is 13.1. The SMILES string of the molecule is CCN(C(=O)c1ccc2c(=O)n3c(nc2c1)CCCC3)c1cccc(C)c1. The Morgan fingerprint density at radius 2 is 2.04 bits per heavy atom. The van der Waals surface area contributed by atoms with E-state index in [-0.39, 0.29) is 11.5 Å². The van der Waals surface area contributed by atoms with Gasteiger partial charge in [-0.3, -0.25) is 14.2 Å². The van der Waals surface area contributed by atoms with Crippen LogP contribution in [0.4, 0.5) is 5.69 Å². The Balaban J connectivity index is 1.77. The molecule has 138 valence electrons. The lowest BCUT2D eigenvalue weighted by Gasteiger charge is -2.22. The Morgan fingerprint density at radius 1 is 1.19 bits per heavy atom. The number of fused-ring (bicyclic) bond motifs is 2. The highest BCUT2D eigenvalue weighted by atomic mass is 16.2. The molecule has 27 heavy (non-hydrogen) atoms. The first-order chi connectivity index (χ1) is 13.1. The summed E-state index contributed by atoms with van der Waals surface area (Å²) in [7, 11) is 0. The highest BCUT2D eigenvalue weighted by molar-refractivity contribution is 6.07. The van der Waals surface area contributed by atoms with Gasteiger partial charge in [0, 0.05) is 30.8 Å². The second kappa shape index (κ2) is 6.99. The Bertz CT molecular complexity index is 1080. The summed E-state index contributed by atoms with van der Waals surface area (Å²) in [6, 6.07) is 13.1. The minimum Gasteiger partial charge on any atom is -0.309 e. The summed E-state index contributed by atoms with van der Waals surface area (Å²) in [5, 5.41) is 0.579. The van der Waals surface area contributed by atoms with E-state index in [1.165, 1.54) is 0 Å². The van der Waals surface area contributed by atoms with Crippen LogP contribution in [-0.4, -0.2) is 22.0 Å². The molecule has 0 bridgehead atoms. The van der Waals surface area contributed by atoms with E-state index in [0.29, 0.717) is 23.0 Å². The van der Waals surface area contributed by atoms with Gasteiger partial charge in [-0.2, -0.15) is 0 Å². The second-order valence-corrected chi connectivity index (χ2v) is 7.06. The molecule has 0 unspecified atom stereocenters. The molecule has 4 rings (SSSR count). The van der Waals surface area contributed by atoms with Crippen molar-refractivity contribution in [2.45, 2.75) is 39.7 Å². The Labute approximate surface area is 158 Å². The zero-order valence-electron chi connectivity index (χ0n) is 15.7. The van der Waals surface area contributed by atoms with Crippen molar-refractivity contribution in [1.29, 1.82) is 0 Å². The van der Waals surface area contributed by atoms with Crippen LogP contribution in [0.25, 0.3) is 10.9 Å². The van der Waals surface area contributed by atoms with Crippen LogP contribution in [0.1, 0.15) is 41.5 Å². The lowest BCUT2D eigenvalue weighted by Crippen LogP contribution is -2.31. The van der Waals surface area contributed by atoms with Crippen LogP contribution >= 0.6 is 0 Å². The third kappa shape index (κ3) is 3.14. The van der Waals surface area contributed by atoms with Crippen molar-refractivity contribution in [3.8, 4) is 0 Å². The Kier molecular flexibility index (Phi) is 4.52. The van der Waals surface area contributed by atoms with Gasteiger partial charge in [0.05, 0.1) is 10.9 Å². The highest BCUT2D eigenvalue weighted by Crippen LogP contribution is 2.21. The van der Waals surface area contributed by atoms with E-state index < -0.39 is 0 Å². The van der Waals surface area contributed by atoms with Crippen molar-refractivity contribution in [1.82, 2.24) is 9.55 Å². The van der Waals surface area contributed by atoms with Gasteiger partial charge in [-0.1, -0.05) is 12.1 Å². The van der Waals surface area contributed by atoms with Crippen LogP contribution in [0.5, 0.6) is 0 Å². The molecule has 1 aromatic heterocycles. The van der Waals surface area contributed by atoms with Crippen LogP contribution in [0.2, 0.25) is 0 Å². The number of carbonyl (C=O) groups excluding carboxylic acids is 1. The summed E-state index contributed by atoms with van der Waals surface area (Å²) in [5.41, 5.74) is 3.15. The van der Waals surface area contributed by atoms with Gasteiger partial charge in [-0.15, -0.1) is 0 Å². The number of benzene rings is 2. The van der Waals surface area contributed by atoms with E-state index in [2.05, 4.69) is 4.98 Å². The molecule has 2 heterocycles. The molecule has 3 aromatic rings. The van der Waals surface area contributed by atoms with Gasteiger partial charge >= 0.3 is 0 Å². The van der Waals surface area contributed by atoms with Gasteiger partial charge in [-0.25, -0.2) is 4.98 Å².